The van der Waals surface area contributed by atoms with Crippen LogP contribution in [0.4, 0.5) is 5.69 Å². The van der Waals surface area contributed by atoms with Crippen molar-refractivity contribution >= 4 is 93.6 Å². The van der Waals surface area contributed by atoms with E-state index in [2.05, 4.69) is 75.4 Å². The molecule has 3 heterocycles. The zero-order valence-corrected chi connectivity index (χ0v) is 25.3. The summed E-state index contributed by atoms with van der Waals surface area (Å²) in [5, 5.41) is 0. The molecule has 1 atom stereocenters. The number of benzene rings is 2. The molecule has 1 fully saturated rings. The topological polar surface area (TPSA) is 67.7 Å². The molecule has 1 saturated heterocycles. The van der Waals surface area contributed by atoms with Gasteiger partial charge >= 0.3 is 0 Å². The molecule has 11 heteroatoms. The highest BCUT2D eigenvalue weighted by Gasteiger charge is 2.65. The third kappa shape index (κ3) is 4.03. The normalized spacial score (nSPS) is 19.5. The molecule has 2 aromatic carbocycles. The van der Waals surface area contributed by atoms with E-state index in [1.54, 1.807) is 27.3 Å². The number of rotatable bonds is 6. The van der Waals surface area contributed by atoms with E-state index < -0.39 is 5.54 Å². The minimum atomic E-state index is -1.13. The molecule has 1 aromatic heterocycles. The summed E-state index contributed by atoms with van der Waals surface area (Å²) in [6.45, 7) is 0.791. The van der Waals surface area contributed by atoms with Crippen LogP contribution in [0.2, 0.25) is 0 Å². The van der Waals surface area contributed by atoms with E-state index in [4.69, 9.17) is 4.74 Å². The standard InChI is InChI=1S/C24H18Br3IN4O3/c1-30-17-7-15(25)21(26)22(27)20(17)24(23(30)34)8-19(33)32(24)18(9-28)16-10-31(12-29-16)13-35-11-14-5-3-2-4-6-14/h2-7,9-10,12H,8,11,13H2,1H3/b18-9+. The number of imidazole rings is 1. The zero-order chi connectivity index (χ0) is 24.9. The lowest BCUT2D eigenvalue weighted by atomic mass is 9.77. The number of amides is 2. The SMILES string of the molecule is CN1C(=O)C2(CC(=O)N2/C(=C/I)c2cn(COCc3ccccc3)cn2)c2c1cc(Br)c(Br)c2Br. The number of likely N-dealkylation sites (N-methyl/N-ethyl adjacent to an activating group) is 1. The summed E-state index contributed by atoms with van der Waals surface area (Å²) in [5.74, 6) is -0.289. The van der Waals surface area contributed by atoms with E-state index in [-0.39, 0.29) is 18.2 Å². The van der Waals surface area contributed by atoms with Gasteiger partial charge in [-0.05, 0) is 59.4 Å². The van der Waals surface area contributed by atoms with Crippen LogP contribution < -0.4 is 4.90 Å². The second kappa shape index (κ2) is 9.73. The molecule has 180 valence electrons. The second-order valence-electron chi connectivity index (χ2n) is 8.24. The summed E-state index contributed by atoms with van der Waals surface area (Å²) in [5.41, 5.74) is 2.63. The first-order valence-electron chi connectivity index (χ1n) is 10.5. The number of hydrogen-bond acceptors (Lipinski definition) is 4. The minimum Gasteiger partial charge on any atom is -0.356 e. The number of likely N-dealkylation sites (tertiary alicyclic amines) is 1. The third-order valence-electron chi connectivity index (χ3n) is 6.20. The molecule has 0 N–H and O–H groups in total. The van der Waals surface area contributed by atoms with Gasteiger partial charge in [0.05, 0.1) is 30.7 Å². The Morgan fingerprint density at radius 2 is 1.94 bits per heavy atom. The average molecular weight is 777 g/mol. The van der Waals surface area contributed by atoms with E-state index in [9.17, 15) is 9.59 Å². The number of fused-ring (bicyclic) bond motifs is 2. The van der Waals surface area contributed by atoms with Crippen molar-refractivity contribution in [3.05, 3.63) is 83.2 Å². The Morgan fingerprint density at radius 1 is 1.20 bits per heavy atom. The smallest absolute Gasteiger partial charge is 0.258 e. The van der Waals surface area contributed by atoms with Crippen LogP contribution in [0.1, 0.15) is 23.2 Å². The fraction of sp³-hybridized carbons (Fsp3) is 0.208. The Morgan fingerprint density at radius 3 is 2.63 bits per heavy atom. The van der Waals surface area contributed by atoms with Gasteiger partial charge in [-0.3, -0.25) is 14.5 Å². The van der Waals surface area contributed by atoms with Crippen LogP contribution >= 0.6 is 70.4 Å². The number of carbonyl (C=O) groups excluding carboxylic acids is 2. The molecule has 3 aromatic rings. The summed E-state index contributed by atoms with van der Waals surface area (Å²) in [6, 6.07) is 11.8. The van der Waals surface area contributed by atoms with Gasteiger partial charge in [-0.1, -0.05) is 52.9 Å². The van der Waals surface area contributed by atoms with Crippen molar-refractivity contribution in [1.82, 2.24) is 14.5 Å². The zero-order valence-electron chi connectivity index (χ0n) is 18.3. The van der Waals surface area contributed by atoms with E-state index in [0.29, 0.717) is 24.7 Å². The van der Waals surface area contributed by atoms with Gasteiger partial charge in [-0.2, -0.15) is 0 Å². The molecule has 1 unspecified atom stereocenters. The van der Waals surface area contributed by atoms with E-state index >= 15 is 0 Å². The number of nitrogens with zero attached hydrogens (tertiary/aromatic N) is 4. The monoisotopic (exact) mass is 774 g/mol. The van der Waals surface area contributed by atoms with Gasteiger partial charge in [0.1, 0.15) is 12.4 Å². The molecule has 2 aliphatic heterocycles. The lowest BCUT2D eigenvalue weighted by Gasteiger charge is -2.49. The molecular formula is C24H18Br3IN4O3. The number of carbonyl (C=O) groups is 2. The molecule has 0 bridgehead atoms. The van der Waals surface area contributed by atoms with Crippen LogP contribution in [0.25, 0.3) is 5.70 Å². The highest BCUT2D eigenvalue weighted by atomic mass is 127. The number of ether oxygens (including phenoxy) is 1. The molecule has 0 saturated carbocycles. The van der Waals surface area contributed by atoms with E-state index in [1.165, 1.54) is 0 Å². The molecule has 1 spiro atoms. The number of hydrogen-bond donors (Lipinski definition) is 0. The van der Waals surface area contributed by atoms with E-state index in [0.717, 1.165) is 30.2 Å². The first-order valence-corrected chi connectivity index (χ1v) is 14.2. The molecule has 0 radical (unpaired) electrons. The summed E-state index contributed by atoms with van der Waals surface area (Å²) in [6.07, 6.45) is 3.58. The van der Waals surface area contributed by atoms with Crippen molar-refractivity contribution in [3.63, 3.8) is 0 Å². The number of anilines is 1. The van der Waals surface area contributed by atoms with Crippen LogP contribution in [0, 0.1) is 0 Å². The number of halogens is 4. The molecule has 35 heavy (non-hydrogen) atoms. The Hall–Kier alpha value is -1.54. The first-order chi connectivity index (χ1) is 16.8. The Labute approximate surface area is 241 Å². The van der Waals surface area contributed by atoms with Gasteiger partial charge < -0.3 is 14.2 Å². The Bertz CT molecular complexity index is 1380. The summed E-state index contributed by atoms with van der Waals surface area (Å²) >= 11 is 12.9. The Kier molecular flexibility index (Phi) is 6.98. The van der Waals surface area contributed by atoms with Crippen LogP contribution in [0.3, 0.4) is 0 Å². The van der Waals surface area contributed by atoms with Crippen LogP contribution in [0.5, 0.6) is 0 Å². The Balaban J connectivity index is 1.45. The van der Waals surface area contributed by atoms with Gasteiger partial charge in [-0.25, -0.2) is 4.98 Å². The molecular weight excluding hydrogens is 759 g/mol. The molecule has 7 nitrogen and oxygen atoms in total. The predicted molar refractivity (Wildman–Crippen MR) is 152 cm³/mol. The summed E-state index contributed by atoms with van der Waals surface area (Å²) in [7, 11) is 1.73. The lowest BCUT2D eigenvalue weighted by Crippen LogP contribution is -2.64. The fourth-order valence-corrected chi connectivity index (χ4v) is 6.91. The fourth-order valence-electron chi connectivity index (χ4n) is 4.57. The van der Waals surface area contributed by atoms with Crippen molar-refractivity contribution in [2.24, 2.45) is 0 Å². The van der Waals surface area contributed by atoms with Crippen molar-refractivity contribution in [2.45, 2.75) is 25.3 Å². The second-order valence-corrected chi connectivity index (χ2v) is 11.3. The summed E-state index contributed by atoms with van der Waals surface area (Å²) in [4.78, 5) is 34.4. The first kappa shape index (κ1) is 25.1. The van der Waals surface area contributed by atoms with Gasteiger partial charge in [-0.15, -0.1) is 0 Å². The average Bonchev–Trinajstić information content (AvgIpc) is 3.40. The molecule has 2 amide bonds. The maximum Gasteiger partial charge on any atom is 0.258 e. The maximum absolute atomic E-state index is 13.6. The largest absolute Gasteiger partial charge is 0.356 e. The highest BCUT2D eigenvalue weighted by Crippen LogP contribution is 2.58. The van der Waals surface area contributed by atoms with Crippen molar-refractivity contribution in [1.29, 1.82) is 0 Å². The minimum absolute atomic E-state index is 0.0880. The molecule has 0 aliphatic carbocycles. The van der Waals surface area contributed by atoms with Crippen LogP contribution in [-0.4, -0.2) is 33.3 Å². The van der Waals surface area contributed by atoms with Crippen LogP contribution in [-0.2, 0) is 33.2 Å². The predicted octanol–water partition coefficient (Wildman–Crippen LogP) is 6.18. The maximum atomic E-state index is 13.6. The van der Waals surface area contributed by atoms with Crippen LogP contribution in [0.15, 0.2) is 66.4 Å². The third-order valence-corrected chi connectivity index (χ3v) is 10.1. The number of β-lactam (4-membered cyclic amide) rings is 1. The van der Waals surface area contributed by atoms with Gasteiger partial charge in [0.2, 0.25) is 5.91 Å². The number of aromatic nitrogens is 2. The van der Waals surface area contributed by atoms with Gasteiger partial charge in [0.15, 0.2) is 5.54 Å². The molecule has 2 aliphatic rings. The quantitative estimate of drug-likeness (QED) is 0.171. The van der Waals surface area contributed by atoms with Gasteiger partial charge in [0, 0.05) is 36.3 Å². The van der Waals surface area contributed by atoms with Crippen molar-refractivity contribution in [3.8, 4) is 0 Å². The van der Waals surface area contributed by atoms with Crippen molar-refractivity contribution < 1.29 is 14.3 Å². The van der Waals surface area contributed by atoms with E-state index in [1.807, 2.05) is 47.2 Å². The molecule has 5 rings (SSSR count). The van der Waals surface area contributed by atoms with Gasteiger partial charge in [0.25, 0.3) is 5.91 Å². The highest BCUT2D eigenvalue weighted by molar-refractivity contribution is 14.1. The van der Waals surface area contributed by atoms with Crippen molar-refractivity contribution in [2.75, 3.05) is 11.9 Å². The summed E-state index contributed by atoms with van der Waals surface area (Å²) < 4.78 is 11.8. The lowest BCUT2D eigenvalue weighted by molar-refractivity contribution is -0.157.